The maximum atomic E-state index is 12.3. The zero-order chi connectivity index (χ0) is 16.3. The summed E-state index contributed by atoms with van der Waals surface area (Å²) in [6.45, 7) is 4.48. The largest absolute Gasteiger partial charge is 0.315 e. The van der Waals surface area contributed by atoms with Gasteiger partial charge in [0.25, 0.3) is 17.0 Å². The molecule has 116 valence electrons. The van der Waals surface area contributed by atoms with E-state index in [2.05, 4.69) is 10.3 Å². The number of aryl methyl sites for hydroxylation is 1. The Balaban J connectivity index is 2.32. The number of carbonyl (C=O) groups excluding carboxylic acids is 1. The van der Waals surface area contributed by atoms with Crippen LogP contribution in [-0.2, 0) is 13.6 Å². The quantitative estimate of drug-likeness (QED) is 0.907. The number of rotatable bonds is 4. The van der Waals surface area contributed by atoms with Crippen molar-refractivity contribution in [2.24, 2.45) is 13.0 Å². The van der Waals surface area contributed by atoms with Crippen molar-refractivity contribution in [3.05, 3.63) is 57.0 Å². The van der Waals surface area contributed by atoms with E-state index in [1.165, 1.54) is 27.6 Å². The molecule has 0 aliphatic heterocycles. The van der Waals surface area contributed by atoms with Crippen LogP contribution in [0.4, 0.5) is 5.82 Å². The van der Waals surface area contributed by atoms with E-state index < -0.39 is 11.5 Å². The minimum atomic E-state index is -0.640. The van der Waals surface area contributed by atoms with Gasteiger partial charge in [0, 0.05) is 32.2 Å². The molecule has 0 bridgehead atoms. The van der Waals surface area contributed by atoms with Gasteiger partial charge in [-0.3, -0.25) is 14.4 Å². The van der Waals surface area contributed by atoms with Gasteiger partial charge < -0.3 is 14.5 Å². The van der Waals surface area contributed by atoms with E-state index in [-0.39, 0.29) is 22.9 Å². The van der Waals surface area contributed by atoms with Crippen LogP contribution in [0.2, 0.25) is 0 Å². The predicted octanol–water partition coefficient (Wildman–Crippen LogP) is 0.850. The van der Waals surface area contributed by atoms with E-state index >= 15 is 0 Å². The third kappa shape index (κ3) is 3.30. The van der Waals surface area contributed by atoms with Crippen molar-refractivity contribution < 1.29 is 4.79 Å². The van der Waals surface area contributed by atoms with Crippen LogP contribution in [0.1, 0.15) is 24.2 Å². The Kier molecular flexibility index (Phi) is 4.55. The summed E-state index contributed by atoms with van der Waals surface area (Å²) in [6, 6.07) is 3.07. The molecule has 0 aliphatic carbocycles. The fraction of sp³-hybridized carbons (Fsp3) is 0.333. The molecule has 0 radical (unpaired) electrons. The van der Waals surface area contributed by atoms with Gasteiger partial charge in [0.2, 0.25) is 0 Å². The van der Waals surface area contributed by atoms with Gasteiger partial charge in [-0.05, 0) is 18.1 Å². The molecule has 7 nitrogen and oxygen atoms in total. The monoisotopic (exact) mass is 302 g/mol. The molecule has 0 aliphatic rings. The van der Waals surface area contributed by atoms with Gasteiger partial charge in [-0.15, -0.1) is 0 Å². The van der Waals surface area contributed by atoms with Crippen molar-refractivity contribution in [2.75, 3.05) is 5.32 Å². The van der Waals surface area contributed by atoms with Crippen molar-refractivity contribution in [3.8, 4) is 0 Å². The van der Waals surface area contributed by atoms with Gasteiger partial charge >= 0.3 is 0 Å². The number of amides is 1. The fourth-order valence-corrected chi connectivity index (χ4v) is 2.01. The van der Waals surface area contributed by atoms with Crippen LogP contribution in [0.15, 0.2) is 40.3 Å². The van der Waals surface area contributed by atoms with Gasteiger partial charge in [0.05, 0.1) is 0 Å². The molecule has 0 saturated carbocycles. The molecular weight excluding hydrogens is 284 g/mol. The maximum Gasteiger partial charge on any atom is 0.293 e. The average molecular weight is 302 g/mol. The first-order valence-corrected chi connectivity index (χ1v) is 6.92. The summed E-state index contributed by atoms with van der Waals surface area (Å²) >= 11 is 0. The predicted molar refractivity (Wildman–Crippen MR) is 83.0 cm³/mol. The molecule has 0 unspecified atom stereocenters. The van der Waals surface area contributed by atoms with Crippen LogP contribution in [0.25, 0.3) is 0 Å². The zero-order valence-electron chi connectivity index (χ0n) is 12.7. The number of nitrogens with one attached hydrogen (secondary N) is 1. The van der Waals surface area contributed by atoms with Crippen molar-refractivity contribution in [2.45, 2.75) is 20.4 Å². The lowest BCUT2D eigenvalue weighted by atomic mass is 10.2. The van der Waals surface area contributed by atoms with E-state index in [1.54, 1.807) is 19.3 Å². The summed E-state index contributed by atoms with van der Waals surface area (Å²) in [4.78, 5) is 40.2. The number of carbonyl (C=O) groups is 1. The zero-order valence-corrected chi connectivity index (χ0v) is 12.7. The highest BCUT2D eigenvalue weighted by molar-refractivity contribution is 6.03. The number of pyridine rings is 1. The molecule has 2 heterocycles. The molecule has 2 aromatic rings. The number of hydrogen-bond acceptors (Lipinski definition) is 4. The van der Waals surface area contributed by atoms with Crippen LogP contribution in [0.5, 0.6) is 0 Å². The second kappa shape index (κ2) is 6.38. The summed E-state index contributed by atoms with van der Waals surface area (Å²) in [6.07, 6.45) is 4.52. The molecule has 7 heteroatoms. The van der Waals surface area contributed by atoms with Gasteiger partial charge in [-0.2, -0.15) is 0 Å². The topological polar surface area (TPSA) is 86.0 Å². The lowest BCUT2D eigenvalue weighted by Gasteiger charge is -2.10. The Morgan fingerprint density at radius 3 is 2.68 bits per heavy atom. The smallest absolute Gasteiger partial charge is 0.293 e. The van der Waals surface area contributed by atoms with Crippen molar-refractivity contribution in [3.63, 3.8) is 0 Å². The van der Waals surface area contributed by atoms with Crippen molar-refractivity contribution in [1.82, 2.24) is 14.1 Å². The van der Waals surface area contributed by atoms with E-state index in [9.17, 15) is 14.4 Å². The first kappa shape index (κ1) is 15.7. The highest BCUT2D eigenvalue weighted by atomic mass is 16.2. The average Bonchev–Trinajstić information content (AvgIpc) is 2.45. The maximum absolute atomic E-state index is 12.3. The highest BCUT2D eigenvalue weighted by Gasteiger charge is 2.15. The van der Waals surface area contributed by atoms with Crippen molar-refractivity contribution in [1.29, 1.82) is 0 Å². The lowest BCUT2D eigenvalue weighted by Crippen LogP contribution is -2.32. The standard InChI is InChI=1S/C15H18N4O3/c1-10(2)9-19-7-4-5-11(14(19)21)13(20)17-12-15(22)18(3)8-6-16-12/h4-8,10H,9H2,1-3H3,(H,16,17,20). The van der Waals surface area contributed by atoms with Gasteiger partial charge in [-0.25, -0.2) is 4.98 Å². The Morgan fingerprint density at radius 1 is 1.27 bits per heavy atom. The number of hydrogen-bond donors (Lipinski definition) is 1. The Labute approximate surface area is 127 Å². The molecule has 0 saturated heterocycles. The normalized spacial score (nSPS) is 10.7. The van der Waals surface area contributed by atoms with Gasteiger partial charge in [0.1, 0.15) is 5.56 Å². The van der Waals surface area contributed by atoms with Gasteiger partial charge in [-0.1, -0.05) is 13.8 Å². The minimum Gasteiger partial charge on any atom is -0.315 e. The summed E-state index contributed by atoms with van der Waals surface area (Å²) in [7, 11) is 1.55. The Morgan fingerprint density at radius 2 is 2.00 bits per heavy atom. The van der Waals surface area contributed by atoms with Crippen LogP contribution in [0, 0.1) is 5.92 Å². The number of anilines is 1. The molecule has 22 heavy (non-hydrogen) atoms. The molecule has 1 amide bonds. The van der Waals surface area contributed by atoms with Crippen molar-refractivity contribution >= 4 is 11.7 Å². The van der Waals surface area contributed by atoms with Crippen LogP contribution >= 0.6 is 0 Å². The highest BCUT2D eigenvalue weighted by Crippen LogP contribution is 2.01. The summed E-state index contributed by atoms with van der Waals surface area (Å²) in [5.74, 6) is -0.466. The molecule has 0 fully saturated rings. The van der Waals surface area contributed by atoms with E-state index in [0.717, 1.165) is 0 Å². The SMILES string of the molecule is CC(C)Cn1cccc(C(=O)Nc2nccn(C)c2=O)c1=O. The van der Waals surface area contributed by atoms with Crippen LogP contribution < -0.4 is 16.4 Å². The second-order valence-corrected chi connectivity index (χ2v) is 5.42. The fourth-order valence-electron chi connectivity index (χ4n) is 2.01. The number of nitrogens with zero attached hydrogens (tertiary/aromatic N) is 3. The molecule has 1 N–H and O–H groups in total. The minimum absolute atomic E-state index is 0.0177. The molecule has 0 spiro atoms. The molecule has 0 aromatic carbocycles. The summed E-state index contributed by atoms with van der Waals surface area (Å²) < 4.78 is 2.78. The molecule has 0 atom stereocenters. The third-order valence-corrected chi connectivity index (χ3v) is 3.08. The Hall–Kier alpha value is -2.70. The molecule has 2 rings (SSSR count). The van der Waals surface area contributed by atoms with Crippen LogP contribution in [-0.4, -0.2) is 20.0 Å². The Bertz CT molecular complexity index is 805. The summed E-state index contributed by atoms with van der Waals surface area (Å²) in [5, 5.41) is 2.39. The number of aromatic nitrogens is 3. The molecular formula is C15H18N4O3. The van der Waals surface area contributed by atoms with Crippen LogP contribution in [0.3, 0.4) is 0 Å². The van der Waals surface area contributed by atoms with E-state index in [0.29, 0.717) is 6.54 Å². The third-order valence-electron chi connectivity index (χ3n) is 3.08. The van der Waals surface area contributed by atoms with E-state index in [1.807, 2.05) is 13.8 Å². The first-order valence-electron chi connectivity index (χ1n) is 6.92. The first-order chi connectivity index (χ1) is 10.4. The van der Waals surface area contributed by atoms with Gasteiger partial charge in [0.15, 0.2) is 5.82 Å². The van der Waals surface area contributed by atoms with E-state index in [4.69, 9.17) is 0 Å². The second-order valence-electron chi connectivity index (χ2n) is 5.42. The lowest BCUT2D eigenvalue weighted by molar-refractivity contribution is 0.102. The summed E-state index contributed by atoms with van der Waals surface area (Å²) in [5.41, 5.74) is -0.841. The molecule has 2 aromatic heterocycles.